The van der Waals surface area contributed by atoms with E-state index in [1.54, 1.807) is 14.2 Å². The molecule has 1 saturated carbocycles. The maximum Gasteiger partial charge on any atom is 0.127 e. The standard InChI is InChI=1S/C17H26N2O2/c1-20-14-8-7-13(17(11-14)21-2)12-19-10-9-18-15-5-3-4-6-16(15)19/h7-8,11,15-16,18H,3-6,9-10,12H2,1-2H3/t15-,16-/m0/s1. The van der Waals surface area contributed by atoms with Crippen LogP contribution in [0.4, 0.5) is 0 Å². The summed E-state index contributed by atoms with van der Waals surface area (Å²) in [5.41, 5.74) is 1.25. The Balaban J connectivity index is 1.75. The fraction of sp³-hybridized carbons (Fsp3) is 0.647. The number of ether oxygens (including phenoxy) is 2. The second kappa shape index (κ2) is 6.67. The number of methoxy groups -OCH3 is 2. The van der Waals surface area contributed by atoms with Crippen LogP contribution in [0.15, 0.2) is 18.2 Å². The van der Waals surface area contributed by atoms with Gasteiger partial charge in [0, 0.05) is 43.3 Å². The van der Waals surface area contributed by atoms with Crippen LogP contribution in [-0.4, -0.2) is 44.3 Å². The Morgan fingerprint density at radius 2 is 2.05 bits per heavy atom. The molecule has 4 nitrogen and oxygen atoms in total. The molecule has 0 amide bonds. The van der Waals surface area contributed by atoms with E-state index in [1.165, 1.54) is 31.2 Å². The molecule has 0 bridgehead atoms. The van der Waals surface area contributed by atoms with Gasteiger partial charge in [0.2, 0.25) is 0 Å². The van der Waals surface area contributed by atoms with Gasteiger partial charge < -0.3 is 14.8 Å². The van der Waals surface area contributed by atoms with E-state index in [4.69, 9.17) is 9.47 Å². The van der Waals surface area contributed by atoms with Crippen LogP contribution < -0.4 is 14.8 Å². The average molecular weight is 290 g/mol. The molecule has 1 aliphatic heterocycles. The third-order valence-electron chi connectivity index (χ3n) is 4.87. The first-order chi connectivity index (χ1) is 10.3. The molecule has 4 heteroatoms. The summed E-state index contributed by atoms with van der Waals surface area (Å²) in [4.78, 5) is 2.63. The third kappa shape index (κ3) is 3.16. The summed E-state index contributed by atoms with van der Waals surface area (Å²) in [6, 6.07) is 7.50. The van der Waals surface area contributed by atoms with Gasteiger partial charge in [-0.05, 0) is 18.9 Å². The van der Waals surface area contributed by atoms with Crippen LogP contribution in [0, 0.1) is 0 Å². The molecule has 0 unspecified atom stereocenters. The lowest BCUT2D eigenvalue weighted by molar-refractivity contribution is 0.0808. The Labute approximate surface area is 127 Å². The first-order valence-electron chi connectivity index (χ1n) is 8.00. The van der Waals surface area contributed by atoms with Gasteiger partial charge in [0.15, 0.2) is 0 Å². The first kappa shape index (κ1) is 14.7. The molecule has 2 aliphatic rings. The number of hydrogen-bond acceptors (Lipinski definition) is 4. The van der Waals surface area contributed by atoms with Gasteiger partial charge in [0.1, 0.15) is 11.5 Å². The molecular weight excluding hydrogens is 264 g/mol. The molecule has 0 spiro atoms. The molecule has 1 N–H and O–H groups in total. The van der Waals surface area contributed by atoms with Crippen molar-refractivity contribution in [1.82, 2.24) is 10.2 Å². The molecule has 3 rings (SSSR count). The van der Waals surface area contributed by atoms with Gasteiger partial charge in [-0.25, -0.2) is 0 Å². The lowest BCUT2D eigenvalue weighted by Crippen LogP contribution is -2.58. The molecule has 1 aromatic carbocycles. The van der Waals surface area contributed by atoms with E-state index in [0.717, 1.165) is 31.1 Å². The minimum Gasteiger partial charge on any atom is -0.497 e. The van der Waals surface area contributed by atoms with Crippen LogP contribution in [0.1, 0.15) is 31.2 Å². The fourth-order valence-corrected chi connectivity index (χ4v) is 3.74. The van der Waals surface area contributed by atoms with Crippen LogP contribution >= 0.6 is 0 Å². The highest BCUT2D eigenvalue weighted by Gasteiger charge is 2.33. The lowest BCUT2D eigenvalue weighted by atomic mass is 9.87. The maximum atomic E-state index is 5.54. The monoisotopic (exact) mass is 290 g/mol. The number of fused-ring (bicyclic) bond motifs is 1. The number of hydrogen-bond donors (Lipinski definition) is 1. The average Bonchev–Trinajstić information content (AvgIpc) is 2.55. The van der Waals surface area contributed by atoms with E-state index in [1.807, 2.05) is 12.1 Å². The van der Waals surface area contributed by atoms with E-state index in [-0.39, 0.29) is 0 Å². The quantitative estimate of drug-likeness (QED) is 0.923. The molecule has 2 fully saturated rings. The summed E-state index contributed by atoms with van der Waals surface area (Å²) < 4.78 is 10.8. The Morgan fingerprint density at radius 3 is 2.86 bits per heavy atom. The van der Waals surface area contributed by atoms with Gasteiger partial charge in [0.05, 0.1) is 14.2 Å². The zero-order chi connectivity index (χ0) is 14.7. The summed E-state index contributed by atoms with van der Waals surface area (Å²) in [6.07, 6.45) is 5.37. The molecule has 1 aliphatic carbocycles. The Morgan fingerprint density at radius 1 is 1.19 bits per heavy atom. The summed E-state index contributed by atoms with van der Waals surface area (Å²) in [7, 11) is 3.43. The van der Waals surface area contributed by atoms with Gasteiger partial charge in [0.25, 0.3) is 0 Å². The number of benzene rings is 1. The Hall–Kier alpha value is -1.26. The number of nitrogens with zero attached hydrogens (tertiary/aromatic N) is 1. The van der Waals surface area contributed by atoms with Crippen molar-refractivity contribution in [1.29, 1.82) is 0 Å². The highest BCUT2D eigenvalue weighted by atomic mass is 16.5. The SMILES string of the molecule is COc1ccc(CN2CCN[C@H]3CCCC[C@@H]32)c(OC)c1. The minimum absolute atomic E-state index is 0.678. The maximum absolute atomic E-state index is 5.54. The van der Waals surface area contributed by atoms with Crippen molar-refractivity contribution in [3.63, 3.8) is 0 Å². The highest BCUT2D eigenvalue weighted by Crippen LogP contribution is 2.30. The molecule has 2 atom stereocenters. The predicted octanol–water partition coefficient (Wildman–Crippen LogP) is 2.42. The molecule has 0 aromatic heterocycles. The van der Waals surface area contributed by atoms with Crippen molar-refractivity contribution >= 4 is 0 Å². The highest BCUT2D eigenvalue weighted by molar-refractivity contribution is 5.40. The molecule has 116 valence electrons. The van der Waals surface area contributed by atoms with Crippen LogP contribution in [0.5, 0.6) is 11.5 Å². The normalized spacial score (nSPS) is 26.2. The largest absolute Gasteiger partial charge is 0.497 e. The van der Waals surface area contributed by atoms with Crippen molar-refractivity contribution in [3.05, 3.63) is 23.8 Å². The molecule has 0 radical (unpaired) electrons. The summed E-state index contributed by atoms with van der Waals surface area (Å²) >= 11 is 0. The van der Waals surface area contributed by atoms with Gasteiger partial charge in [-0.3, -0.25) is 4.90 Å². The second-order valence-electron chi connectivity index (χ2n) is 6.06. The summed E-state index contributed by atoms with van der Waals surface area (Å²) in [5.74, 6) is 1.78. The zero-order valence-electron chi connectivity index (χ0n) is 13.1. The minimum atomic E-state index is 0.678. The van der Waals surface area contributed by atoms with E-state index in [9.17, 15) is 0 Å². The first-order valence-corrected chi connectivity index (χ1v) is 8.00. The second-order valence-corrected chi connectivity index (χ2v) is 6.06. The van der Waals surface area contributed by atoms with Crippen LogP contribution in [0.25, 0.3) is 0 Å². The van der Waals surface area contributed by atoms with Gasteiger partial charge in [-0.2, -0.15) is 0 Å². The van der Waals surface area contributed by atoms with Gasteiger partial charge in [-0.1, -0.05) is 18.9 Å². The Kier molecular flexibility index (Phi) is 4.66. The van der Waals surface area contributed by atoms with E-state index < -0.39 is 0 Å². The van der Waals surface area contributed by atoms with Crippen LogP contribution in [0.2, 0.25) is 0 Å². The summed E-state index contributed by atoms with van der Waals surface area (Å²) in [6.45, 7) is 3.19. The van der Waals surface area contributed by atoms with E-state index in [0.29, 0.717) is 12.1 Å². The van der Waals surface area contributed by atoms with Crippen molar-refractivity contribution in [2.45, 2.75) is 44.3 Å². The summed E-state index contributed by atoms with van der Waals surface area (Å²) in [5, 5.41) is 3.69. The predicted molar refractivity (Wildman–Crippen MR) is 84.0 cm³/mol. The van der Waals surface area contributed by atoms with Crippen molar-refractivity contribution in [3.8, 4) is 11.5 Å². The van der Waals surface area contributed by atoms with E-state index >= 15 is 0 Å². The third-order valence-corrected chi connectivity index (χ3v) is 4.87. The number of piperazine rings is 1. The van der Waals surface area contributed by atoms with Crippen molar-refractivity contribution in [2.24, 2.45) is 0 Å². The zero-order valence-corrected chi connectivity index (χ0v) is 13.1. The molecule has 1 aromatic rings. The Bertz CT molecular complexity index is 476. The molecule has 1 heterocycles. The number of rotatable bonds is 4. The van der Waals surface area contributed by atoms with Crippen LogP contribution in [-0.2, 0) is 6.54 Å². The van der Waals surface area contributed by atoms with E-state index in [2.05, 4.69) is 16.3 Å². The molecular formula is C17H26N2O2. The topological polar surface area (TPSA) is 33.7 Å². The number of nitrogens with one attached hydrogen (secondary N) is 1. The fourth-order valence-electron chi connectivity index (χ4n) is 3.74. The van der Waals surface area contributed by atoms with Gasteiger partial charge >= 0.3 is 0 Å². The van der Waals surface area contributed by atoms with Crippen molar-refractivity contribution in [2.75, 3.05) is 27.3 Å². The van der Waals surface area contributed by atoms with Crippen LogP contribution in [0.3, 0.4) is 0 Å². The lowest BCUT2D eigenvalue weighted by Gasteiger charge is -2.44. The molecule has 21 heavy (non-hydrogen) atoms. The van der Waals surface area contributed by atoms with Crippen molar-refractivity contribution < 1.29 is 9.47 Å². The molecule has 1 saturated heterocycles. The van der Waals surface area contributed by atoms with Gasteiger partial charge in [-0.15, -0.1) is 0 Å². The smallest absolute Gasteiger partial charge is 0.127 e.